The molecule has 0 fully saturated rings. The number of hydrogen-bond acceptors (Lipinski definition) is 3. The normalized spacial score (nSPS) is 10.1. The zero-order valence-electron chi connectivity index (χ0n) is 11.3. The molecule has 0 unspecified atom stereocenters. The summed E-state index contributed by atoms with van der Waals surface area (Å²) in [4.78, 5) is 23.0. The molecule has 19 heavy (non-hydrogen) atoms. The number of nitrogens with one attached hydrogen (secondary N) is 2. The molecule has 1 aromatic carbocycles. The summed E-state index contributed by atoms with van der Waals surface area (Å²) < 4.78 is 0. The Bertz CT molecular complexity index is 458. The quantitative estimate of drug-likeness (QED) is 0.548. The molecule has 0 atom stereocenters. The maximum Gasteiger partial charge on any atom is 0.313 e. The van der Waals surface area contributed by atoms with Gasteiger partial charge in [0.25, 0.3) is 0 Å². The molecule has 0 aliphatic rings. The molecule has 0 radical (unpaired) electrons. The third kappa shape index (κ3) is 4.71. The Balaban J connectivity index is 2.59. The Morgan fingerprint density at radius 3 is 2.63 bits per heavy atom. The van der Waals surface area contributed by atoms with Crippen molar-refractivity contribution in [2.45, 2.75) is 26.7 Å². The van der Waals surface area contributed by atoms with E-state index in [2.05, 4.69) is 10.6 Å². The minimum atomic E-state index is -0.691. The minimum Gasteiger partial charge on any atom is -0.396 e. The molecule has 0 bridgehead atoms. The molecule has 0 saturated carbocycles. The summed E-state index contributed by atoms with van der Waals surface area (Å²) in [7, 11) is 0. The van der Waals surface area contributed by atoms with Crippen molar-refractivity contribution in [1.82, 2.24) is 5.32 Å². The summed E-state index contributed by atoms with van der Waals surface area (Å²) >= 11 is 0. The third-order valence-electron chi connectivity index (χ3n) is 2.81. The zero-order chi connectivity index (χ0) is 14.3. The van der Waals surface area contributed by atoms with E-state index in [0.29, 0.717) is 12.1 Å². The summed E-state index contributed by atoms with van der Waals surface area (Å²) in [5.41, 5.74) is 2.91. The Hall–Kier alpha value is -1.88. The molecule has 104 valence electrons. The maximum absolute atomic E-state index is 11.6. The van der Waals surface area contributed by atoms with Crippen LogP contribution in [0.15, 0.2) is 18.2 Å². The molecule has 0 spiro atoms. The topological polar surface area (TPSA) is 78.4 Å². The number of aryl methyl sites for hydroxylation is 2. The monoisotopic (exact) mass is 264 g/mol. The van der Waals surface area contributed by atoms with E-state index in [1.165, 1.54) is 0 Å². The van der Waals surface area contributed by atoms with E-state index in [-0.39, 0.29) is 13.2 Å². The van der Waals surface area contributed by atoms with Gasteiger partial charge in [0.2, 0.25) is 0 Å². The second kappa shape index (κ2) is 7.53. The van der Waals surface area contributed by atoms with Gasteiger partial charge in [-0.1, -0.05) is 13.0 Å². The molecule has 3 N–H and O–H groups in total. The highest BCUT2D eigenvalue weighted by Crippen LogP contribution is 2.15. The van der Waals surface area contributed by atoms with Gasteiger partial charge < -0.3 is 15.7 Å². The van der Waals surface area contributed by atoms with Crippen molar-refractivity contribution in [1.29, 1.82) is 0 Å². The standard InChI is InChI=1S/C14H20N2O3/c1-3-11-9-12(6-5-10(11)2)16-14(19)13(18)15-7-4-8-17/h5-6,9,17H,3-4,7-8H2,1-2H3,(H,15,18)(H,16,19). The highest BCUT2D eigenvalue weighted by atomic mass is 16.3. The van der Waals surface area contributed by atoms with Gasteiger partial charge in [0.15, 0.2) is 0 Å². The fourth-order valence-electron chi connectivity index (χ4n) is 1.68. The van der Waals surface area contributed by atoms with E-state index in [1.54, 1.807) is 6.07 Å². The highest BCUT2D eigenvalue weighted by Gasteiger charge is 2.13. The average molecular weight is 264 g/mol. The number of carbonyl (C=O) groups is 2. The molecule has 0 heterocycles. The van der Waals surface area contributed by atoms with Crippen LogP contribution in [0.3, 0.4) is 0 Å². The minimum absolute atomic E-state index is 0.0142. The average Bonchev–Trinajstić information content (AvgIpc) is 2.41. The van der Waals surface area contributed by atoms with E-state index in [9.17, 15) is 9.59 Å². The van der Waals surface area contributed by atoms with Crippen molar-refractivity contribution in [3.63, 3.8) is 0 Å². The lowest BCUT2D eigenvalue weighted by Gasteiger charge is -2.09. The predicted molar refractivity (Wildman–Crippen MR) is 73.9 cm³/mol. The van der Waals surface area contributed by atoms with Gasteiger partial charge in [-0.25, -0.2) is 0 Å². The third-order valence-corrected chi connectivity index (χ3v) is 2.81. The Labute approximate surface area is 113 Å². The molecule has 0 aliphatic carbocycles. The number of carbonyl (C=O) groups excluding carboxylic acids is 2. The van der Waals surface area contributed by atoms with E-state index in [4.69, 9.17) is 5.11 Å². The van der Waals surface area contributed by atoms with Gasteiger partial charge >= 0.3 is 11.8 Å². The Kier molecular flexibility index (Phi) is 6.02. The van der Waals surface area contributed by atoms with Gasteiger partial charge in [0.05, 0.1) is 0 Å². The van der Waals surface area contributed by atoms with Gasteiger partial charge in [-0.15, -0.1) is 0 Å². The molecule has 1 aromatic rings. The molecule has 2 amide bonds. The van der Waals surface area contributed by atoms with E-state index < -0.39 is 11.8 Å². The van der Waals surface area contributed by atoms with Crippen LogP contribution in [0.5, 0.6) is 0 Å². The predicted octanol–water partition coefficient (Wildman–Crippen LogP) is 0.995. The van der Waals surface area contributed by atoms with Crippen molar-refractivity contribution in [3.8, 4) is 0 Å². The van der Waals surface area contributed by atoms with Gasteiger partial charge in [0, 0.05) is 18.8 Å². The number of anilines is 1. The largest absolute Gasteiger partial charge is 0.396 e. The van der Waals surface area contributed by atoms with Gasteiger partial charge in [-0.05, 0) is 43.0 Å². The van der Waals surface area contributed by atoms with Crippen LogP contribution >= 0.6 is 0 Å². The Morgan fingerprint density at radius 2 is 2.00 bits per heavy atom. The van der Waals surface area contributed by atoms with Crippen LogP contribution in [-0.2, 0) is 16.0 Å². The Morgan fingerprint density at radius 1 is 1.26 bits per heavy atom. The first-order chi connectivity index (χ1) is 9.08. The van der Waals surface area contributed by atoms with Crippen LogP contribution < -0.4 is 10.6 Å². The van der Waals surface area contributed by atoms with Crippen molar-refractivity contribution in [2.24, 2.45) is 0 Å². The molecule has 0 saturated heterocycles. The summed E-state index contributed by atoms with van der Waals surface area (Å²) in [5, 5.41) is 13.6. The van der Waals surface area contributed by atoms with E-state index in [1.807, 2.05) is 26.0 Å². The van der Waals surface area contributed by atoms with Crippen molar-refractivity contribution >= 4 is 17.5 Å². The molecule has 0 aromatic heterocycles. The number of rotatable bonds is 5. The number of benzene rings is 1. The number of amides is 2. The summed E-state index contributed by atoms with van der Waals surface area (Å²) in [6, 6.07) is 5.56. The lowest BCUT2D eigenvalue weighted by molar-refractivity contribution is -0.136. The number of aliphatic hydroxyl groups excluding tert-OH is 1. The van der Waals surface area contributed by atoms with Crippen molar-refractivity contribution < 1.29 is 14.7 Å². The van der Waals surface area contributed by atoms with Gasteiger partial charge in [-0.2, -0.15) is 0 Å². The van der Waals surface area contributed by atoms with Crippen molar-refractivity contribution in [3.05, 3.63) is 29.3 Å². The maximum atomic E-state index is 11.6. The highest BCUT2D eigenvalue weighted by molar-refractivity contribution is 6.39. The first-order valence-corrected chi connectivity index (χ1v) is 6.38. The van der Waals surface area contributed by atoms with E-state index in [0.717, 1.165) is 17.5 Å². The molecule has 5 nitrogen and oxygen atoms in total. The second-order valence-electron chi connectivity index (χ2n) is 4.28. The smallest absolute Gasteiger partial charge is 0.313 e. The van der Waals surface area contributed by atoms with Crippen LogP contribution in [0.1, 0.15) is 24.5 Å². The van der Waals surface area contributed by atoms with Crippen LogP contribution in [0.25, 0.3) is 0 Å². The van der Waals surface area contributed by atoms with Crippen molar-refractivity contribution in [2.75, 3.05) is 18.5 Å². The molecular formula is C14H20N2O3. The summed E-state index contributed by atoms with van der Waals surface area (Å²) in [5.74, 6) is -1.38. The first kappa shape index (κ1) is 15.2. The SMILES string of the molecule is CCc1cc(NC(=O)C(=O)NCCCO)ccc1C. The molecule has 1 rings (SSSR count). The summed E-state index contributed by atoms with van der Waals surface area (Å²) in [6.45, 7) is 4.32. The lowest BCUT2D eigenvalue weighted by Crippen LogP contribution is -2.36. The summed E-state index contributed by atoms with van der Waals surface area (Å²) in [6.07, 6.45) is 1.31. The van der Waals surface area contributed by atoms with Crippen LogP contribution in [0.2, 0.25) is 0 Å². The fraction of sp³-hybridized carbons (Fsp3) is 0.429. The second-order valence-corrected chi connectivity index (χ2v) is 4.28. The fourth-order valence-corrected chi connectivity index (χ4v) is 1.68. The zero-order valence-corrected chi connectivity index (χ0v) is 11.3. The molecule has 5 heteroatoms. The molecule has 0 aliphatic heterocycles. The van der Waals surface area contributed by atoms with Crippen LogP contribution in [0.4, 0.5) is 5.69 Å². The number of hydrogen-bond donors (Lipinski definition) is 3. The lowest BCUT2D eigenvalue weighted by atomic mass is 10.1. The van der Waals surface area contributed by atoms with Crippen LogP contribution in [-0.4, -0.2) is 30.1 Å². The van der Waals surface area contributed by atoms with E-state index >= 15 is 0 Å². The van der Waals surface area contributed by atoms with Gasteiger partial charge in [-0.3, -0.25) is 9.59 Å². The van der Waals surface area contributed by atoms with Gasteiger partial charge in [0.1, 0.15) is 0 Å². The van der Waals surface area contributed by atoms with Crippen LogP contribution in [0, 0.1) is 6.92 Å². The first-order valence-electron chi connectivity index (χ1n) is 6.38. The number of aliphatic hydroxyl groups is 1. The molecular weight excluding hydrogens is 244 g/mol.